The lowest BCUT2D eigenvalue weighted by molar-refractivity contribution is -0.121. The number of nitrogens with one attached hydrogen (secondary N) is 2. The first-order valence-electron chi connectivity index (χ1n) is 10.8. The van der Waals surface area contributed by atoms with E-state index < -0.39 is 0 Å². The van der Waals surface area contributed by atoms with Crippen molar-refractivity contribution < 1.29 is 14.3 Å². The number of aryl methyl sites for hydroxylation is 1. The van der Waals surface area contributed by atoms with Crippen LogP contribution in [0.15, 0.2) is 47.6 Å². The van der Waals surface area contributed by atoms with Gasteiger partial charge in [-0.2, -0.15) is 0 Å². The molecule has 0 spiro atoms. The maximum Gasteiger partial charge on any atom is 0.234 e. The van der Waals surface area contributed by atoms with Crippen molar-refractivity contribution in [3.8, 4) is 5.75 Å². The number of carbonyl (C=O) groups is 2. The van der Waals surface area contributed by atoms with E-state index in [9.17, 15) is 9.59 Å². The molecule has 0 fully saturated rings. The first-order valence-corrected chi connectivity index (χ1v) is 12.2. The first kappa shape index (κ1) is 25.6. The molecule has 1 atom stereocenters. The zero-order valence-corrected chi connectivity index (χ0v) is 21.2. The Labute approximate surface area is 208 Å². The van der Waals surface area contributed by atoms with Gasteiger partial charge < -0.3 is 19.9 Å². The normalized spacial score (nSPS) is 11.7. The fourth-order valence-corrected chi connectivity index (χ4v) is 4.43. The minimum absolute atomic E-state index is 0.116. The van der Waals surface area contributed by atoms with E-state index in [0.29, 0.717) is 22.5 Å². The highest BCUT2D eigenvalue weighted by atomic mass is 35.5. The highest BCUT2D eigenvalue weighted by Crippen LogP contribution is 2.23. The van der Waals surface area contributed by atoms with Gasteiger partial charge in [-0.1, -0.05) is 35.5 Å². The maximum absolute atomic E-state index is 12.5. The van der Waals surface area contributed by atoms with Crippen LogP contribution in [0.1, 0.15) is 36.8 Å². The molecule has 2 N–H and O–H groups in total. The Morgan fingerprint density at radius 3 is 2.53 bits per heavy atom. The zero-order chi connectivity index (χ0) is 24.7. The molecular weight excluding hydrogens is 474 g/mol. The maximum atomic E-state index is 12.5. The van der Waals surface area contributed by atoms with E-state index in [4.69, 9.17) is 16.3 Å². The lowest BCUT2D eigenvalue weighted by Crippen LogP contribution is -2.30. The van der Waals surface area contributed by atoms with Crippen LogP contribution in [0.4, 0.5) is 5.69 Å². The predicted octanol–water partition coefficient (Wildman–Crippen LogP) is 4.42. The van der Waals surface area contributed by atoms with Crippen molar-refractivity contribution in [2.45, 2.75) is 44.9 Å². The third kappa shape index (κ3) is 6.74. The van der Waals surface area contributed by atoms with E-state index in [2.05, 4.69) is 20.8 Å². The van der Waals surface area contributed by atoms with Crippen LogP contribution in [0, 0.1) is 6.92 Å². The molecule has 0 aliphatic heterocycles. The highest BCUT2D eigenvalue weighted by molar-refractivity contribution is 7.99. The Morgan fingerprint density at radius 1 is 1.15 bits per heavy atom. The molecule has 180 valence electrons. The minimum Gasteiger partial charge on any atom is -0.497 e. The highest BCUT2D eigenvalue weighted by Gasteiger charge is 2.20. The number of anilines is 1. The smallest absolute Gasteiger partial charge is 0.234 e. The molecule has 3 aromatic rings. The Hall–Kier alpha value is -3.04. The van der Waals surface area contributed by atoms with Crippen LogP contribution in [0.3, 0.4) is 0 Å². The Kier molecular flexibility index (Phi) is 8.95. The van der Waals surface area contributed by atoms with Crippen LogP contribution < -0.4 is 15.4 Å². The fraction of sp³-hybridized carbons (Fsp3) is 0.333. The summed E-state index contributed by atoms with van der Waals surface area (Å²) in [7, 11) is 1.60. The van der Waals surface area contributed by atoms with Crippen LogP contribution in [0.5, 0.6) is 5.75 Å². The summed E-state index contributed by atoms with van der Waals surface area (Å²) in [5.41, 5.74) is 2.51. The van der Waals surface area contributed by atoms with Crippen LogP contribution >= 0.6 is 23.4 Å². The summed E-state index contributed by atoms with van der Waals surface area (Å²) in [4.78, 5) is 25.0. The Bertz CT molecular complexity index is 1150. The average molecular weight is 502 g/mol. The molecule has 0 saturated heterocycles. The van der Waals surface area contributed by atoms with Crippen molar-refractivity contribution in [2.75, 3.05) is 18.2 Å². The molecule has 3 rings (SSSR count). The molecular formula is C24H28ClN5O3S. The average Bonchev–Trinajstić information content (AvgIpc) is 3.23. The topological polar surface area (TPSA) is 98.1 Å². The van der Waals surface area contributed by atoms with Gasteiger partial charge in [0.2, 0.25) is 11.8 Å². The van der Waals surface area contributed by atoms with Crippen molar-refractivity contribution >= 4 is 40.9 Å². The van der Waals surface area contributed by atoms with Gasteiger partial charge in [0.05, 0.1) is 25.3 Å². The quantitative estimate of drug-likeness (QED) is 0.399. The van der Waals surface area contributed by atoms with E-state index in [1.54, 1.807) is 25.3 Å². The fourth-order valence-electron chi connectivity index (χ4n) is 3.39. The molecule has 0 unspecified atom stereocenters. The molecule has 2 aromatic carbocycles. The number of benzene rings is 2. The molecule has 0 aliphatic rings. The number of halogens is 1. The van der Waals surface area contributed by atoms with E-state index in [1.165, 1.54) is 11.8 Å². The molecule has 10 heteroatoms. The molecule has 1 heterocycles. The molecule has 0 aliphatic carbocycles. The predicted molar refractivity (Wildman–Crippen MR) is 134 cm³/mol. The number of thioether (sulfide) groups is 1. The van der Waals surface area contributed by atoms with Gasteiger partial charge in [0, 0.05) is 17.3 Å². The van der Waals surface area contributed by atoms with Gasteiger partial charge in [0.25, 0.3) is 0 Å². The molecule has 0 saturated carbocycles. The first-order chi connectivity index (χ1) is 16.3. The minimum atomic E-state index is -0.335. The van der Waals surface area contributed by atoms with Gasteiger partial charge in [0.15, 0.2) is 11.0 Å². The lowest BCUT2D eigenvalue weighted by atomic mass is 10.1. The second kappa shape index (κ2) is 11.9. The van der Waals surface area contributed by atoms with Crippen molar-refractivity contribution in [3.63, 3.8) is 0 Å². The van der Waals surface area contributed by atoms with Crippen LogP contribution in [-0.2, 0) is 22.6 Å². The number of nitrogens with zero attached hydrogens (tertiary/aromatic N) is 3. The number of amides is 2. The molecule has 0 bridgehead atoms. The molecule has 1 aromatic heterocycles. The summed E-state index contributed by atoms with van der Waals surface area (Å²) >= 11 is 7.27. The number of hydrogen-bond acceptors (Lipinski definition) is 6. The summed E-state index contributed by atoms with van der Waals surface area (Å²) in [5, 5.41) is 15.6. The van der Waals surface area contributed by atoms with Gasteiger partial charge in [0.1, 0.15) is 5.75 Å². The lowest BCUT2D eigenvalue weighted by Gasteiger charge is -2.15. The third-order valence-electron chi connectivity index (χ3n) is 5.15. The van der Waals surface area contributed by atoms with Gasteiger partial charge in [-0.25, -0.2) is 0 Å². The van der Waals surface area contributed by atoms with E-state index in [1.807, 2.05) is 49.6 Å². The largest absolute Gasteiger partial charge is 0.497 e. The standard InChI is InChI=1S/C24H28ClN5O3S/c1-5-30-23(16(3)26-21(31)13-17-6-9-19(33-4)10-7-17)28-29-24(30)34-14-22(32)27-20-11-8-18(25)12-15(20)2/h6-12,16H,5,13-14H2,1-4H3,(H,26,31)(H,27,32)/t16-/m0/s1. The van der Waals surface area contributed by atoms with Crippen LogP contribution in [0.25, 0.3) is 0 Å². The molecule has 34 heavy (non-hydrogen) atoms. The summed E-state index contributed by atoms with van der Waals surface area (Å²) in [6, 6.07) is 12.4. The van der Waals surface area contributed by atoms with E-state index in [-0.39, 0.29) is 30.0 Å². The summed E-state index contributed by atoms with van der Waals surface area (Å²) in [6.07, 6.45) is 0.250. The van der Waals surface area contributed by atoms with Gasteiger partial charge in [-0.05, 0) is 62.2 Å². The van der Waals surface area contributed by atoms with Crippen LogP contribution in [-0.4, -0.2) is 39.4 Å². The SMILES string of the molecule is CCn1c(SCC(=O)Nc2ccc(Cl)cc2C)nnc1[C@H](C)NC(=O)Cc1ccc(OC)cc1. The zero-order valence-electron chi connectivity index (χ0n) is 19.6. The number of methoxy groups -OCH3 is 1. The van der Waals surface area contributed by atoms with E-state index >= 15 is 0 Å². The number of carbonyl (C=O) groups excluding carboxylic acids is 2. The molecule has 0 radical (unpaired) electrons. The van der Waals surface area contributed by atoms with Gasteiger partial charge in [-0.15, -0.1) is 10.2 Å². The summed E-state index contributed by atoms with van der Waals surface area (Å²) in [5.74, 6) is 1.30. The third-order valence-corrected chi connectivity index (χ3v) is 6.35. The van der Waals surface area contributed by atoms with Gasteiger partial charge >= 0.3 is 0 Å². The van der Waals surface area contributed by atoms with Crippen molar-refractivity contribution in [1.29, 1.82) is 0 Å². The van der Waals surface area contributed by atoms with E-state index in [0.717, 1.165) is 22.6 Å². The van der Waals surface area contributed by atoms with Crippen molar-refractivity contribution in [3.05, 3.63) is 64.4 Å². The van der Waals surface area contributed by atoms with Crippen molar-refractivity contribution in [2.24, 2.45) is 0 Å². The Morgan fingerprint density at radius 2 is 1.88 bits per heavy atom. The molecule has 8 nitrogen and oxygen atoms in total. The van der Waals surface area contributed by atoms with Crippen LogP contribution in [0.2, 0.25) is 5.02 Å². The van der Waals surface area contributed by atoms with Crippen molar-refractivity contribution in [1.82, 2.24) is 20.1 Å². The van der Waals surface area contributed by atoms with Gasteiger partial charge in [-0.3, -0.25) is 9.59 Å². The second-order valence-electron chi connectivity index (χ2n) is 7.70. The second-order valence-corrected chi connectivity index (χ2v) is 9.07. The Balaban J connectivity index is 1.57. The monoisotopic (exact) mass is 501 g/mol. The molecule has 2 amide bonds. The summed E-state index contributed by atoms with van der Waals surface area (Å²) in [6.45, 7) is 6.34. The number of hydrogen-bond donors (Lipinski definition) is 2. The summed E-state index contributed by atoms with van der Waals surface area (Å²) < 4.78 is 7.05. The number of aromatic nitrogens is 3. The number of ether oxygens (including phenoxy) is 1. The number of rotatable bonds is 10.